The number of rotatable bonds is 1. The lowest BCUT2D eigenvalue weighted by atomic mass is 10.6. The van der Waals surface area contributed by atoms with Crippen molar-refractivity contribution in [1.29, 1.82) is 0 Å². The zero-order valence-electron chi connectivity index (χ0n) is 6.76. The van der Waals surface area contributed by atoms with Gasteiger partial charge in [0.1, 0.15) is 0 Å². The average molecular weight is 148 g/mol. The Bertz CT molecular complexity index is 39.3. The van der Waals surface area contributed by atoms with Crippen LogP contribution in [0.2, 0.25) is 0 Å². The van der Waals surface area contributed by atoms with Crippen molar-refractivity contribution in [2.24, 2.45) is 0 Å². The molecule has 0 saturated carbocycles. The summed E-state index contributed by atoms with van der Waals surface area (Å²) < 4.78 is 14.4. The van der Waals surface area contributed by atoms with Crippen molar-refractivity contribution in [3.63, 3.8) is 0 Å². The molecule has 0 aromatic carbocycles. The molecule has 1 saturated heterocycles. The SMILES string of the molecule is C1COCCO1.CCOC. The molecule has 10 heavy (non-hydrogen) atoms. The molecule has 0 aliphatic carbocycles. The minimum absolute atomic E-state index is 0.778. The first-order valence-corrected chi connectivity index (χ1v) is 3.56. The molecular weight excluding hydrogens is 132 g/mol. The topological polar surface area (TPSA) is 27.7 Å². The molecule has 0 atom stereocenters. The Morgan fingerprint density at radius 3 is 1.50 bits per heavy atom. The van der Waals surface area contributed by atoms with Crippen LogP contribution < -0.4 is 0 Å². The molecule has 0 unspecified atom stereocenters. The average Bonchev–Trinajstić information content (AvgIpc) is 2.08. The van der Waals surface area contributed by atoms with Gasteiger partial charge in [-0.2, -0.15) is 0 Å². The minimum Gasteiger partial charge on any atom is -0.385 e. The van der Waals surface area contributed by atoms with Gasteiger partial charge in [-0.3, -0.25) is 0 Å². The van der Waals surface area contributed by atoms with Gasteiger partial charge in [-0.25, -0.2) is 0 Å². The number of methoxy groups -OCH3 is 1. The van der Waals surface area contributed by atoms with Gasteiger partial charge < -0.3 is 14.2 Å². The van der Waals surface area contributed by atoms with Crippen molar-refractivity contribution in [2.45, 2.75) is 6.92 Å². The summed E-state index contributed by atoms with van der Waals surface area (Å²) in [7, 11) is 1.68. The summed E-state index contributed by atoms with van der Waals surface area (Å²) in [5, 5.41) is 0. The summed E-state index contributed by atoms with van der Waals surface area (Å²) >= 11 is 0. The van der Waals surface area contributed by atoms with E-state index < -0.39 is 0 Å². The lowest BCUT2D eigenvalue weighted by molar-refractivity contribution is -0.0334. The fourth-order valence-corrected chi connectivity index (χ4v) is 0.440. The van der Waals surface area contributed by atoms with Gasteiger partial charge >= 0.3 is 0 Å². The summed E-state index contributed by atoms with van der Waals surface area (Å²) in [4.78, 5) is 0. The quantitative estimate of drug-likeness (QED) is 0.547. The molecule has 0 aromatic heterocycles. The molecule has 0 N–H and O–H groups in total. The Hall–Kier alpha value is -0.120. The Morgan fingerprint density at radius 2 is 1.40 bits per heavy atom. The first-order valence-electron chi connectivity index (χ1n) is 3.56. The number of ether oxygens (including phenoxy) is 3. The van der Waals surface area contributed by atoms with Crippen LogP contribution in [-0.4, -0.2) is 40.1 Å². The lowest BCUT2D eigenvalue weighted by Crippen LogP contribution is -2.16. The van der Waals surface area contributed by atoms with Gasteiger partial charge in [-0.15, -0.1) is 0 Å². The molecule has 0 aromatic rings. The number of hydrogen-bond donors (Lipinski definition) is 0. The maximum Gasteiger partial charge on any atom is 0.0701 e. The molecule has 1 fully saturated rings. The second-order valence-electron chi connectivity index (χ2n) is 1.80. The van der Waals surface area contributed by atoms with Crippen LogP contribution in [0.3, 0.4) is 0 Å². The van der Waals surface area contributed by atoms with Crippen molar-refractivity contribution in [3.05, 3.63) is 0 Å². The van der Waals surface area contributed by atoms with E-state index in [4.69, 9.17) is 9.47 Å². The van der Waals surface area contributed by atoms with Crippen LogP contribution in [0.25, 0.3) is 0 Å². The third-order valence-corrected chi connectivity index (χ3v) is 1.03. The van der Waals surface area contributed by atoms with E-state index in [1.54, 1.807) is 7.11 Å². The smallest absolute Gasteiger partial charge is 0.0701 e. The standard InChI is InChI=1S/C4H8O2.C3H8O/c1-2-6-4-3-5-1;1-3-4-2/h1-4H2;3H2,1-2H3. The van der Waals surface area contributed by atoms with Crippen LogP contribution in [-0.2, 0) is 14.2 Å². The van der Waals surface area contributed by atoms with Crippen molar-refractivity contribution in [3.8, 4) is 0 Å². The summed E-state index contributed by atoms with van der Waals surface area (Å²) in [5.74, 6) is 0. The minimum atomic E-state index is 0.778. The van der Waals surface area contributed by atoms with Crippen molar-refractivity contribution in [2.75, 3.05) is 40.1 Å². The lowest BCUT2D eigenvalue weighted by Gasteiger charge is -2.09. The molecule has 0 radical (unpaired) electrons. The maximum absolute atomic E-state index is 4.94. The normalized spacial score (nSPS) is 17.4. The van der Waals surface area contributed by atoms with Crippen LogP contribution in [0.1, 0.15) is 6.92 Å². The molecule has 0 amide bonds. The molecule has 0 spiro atoms. The van der Waals surface area contributed by atoms with E-state index in [9.17, 15) is 0 Å². The molecule has 1 heterocycles. The van der Waals surface area contributed by atoms with E-state index in [1.807, 2.05) is 6.92 Å². The van der Waals surface area contributed by atoms with Crippen molar-refractivity contribution in [1.82, 2.24) is 0 Å². The predicted octanol–water partition coefficient (Wildman–Crippen LogP) is 0.686. The molecule has 62 valence electrons. The Kier molecular flexibility index (Phi) is 8.77. The molecule has 1 aliphatic heterocycles. The van der Waals surface area contributed by atoms with E-state index in [2.05, 4.69) is 4.74 Å². The summed E-state index contributed by atoms with van der Waals surface area (Å²) in [6.45, 7) is 5.89. The van der Waals surface area contributed by atoms with Gasteiger partial charge in [-0.05, 0) is 6.92 Å². The zero-order valence-corrected chi connectivity index (χ0v) is 6.76. The monoisotopic (exact) mass is 148 g/mol. The first-order chi connectivity index (χ1) is 4.91. The van der Waals surface area contributed by atoms with Gasteiger partial charge in [0.25, 0.3) is 0 Å². The Labute approximate surface area is 62.3 Å². The fraction of sp³-hybridized carbons (Fsp3) is 1.00. The maximum atomic E-state index is 4.94. The van der Waals surface area contributed by atoms with Crippen LogP contribution in [0.4, 0.5) is 0 Å². The highest BCUT2D eigenvalue weighted by Gasteiger charge is 1.94. The summed E-state index contributed by atoms with van der Waals surface area (Å²) in [6.07, 6.45) is 0. The van der Waals surface area contributed by atoms with Crippen molar-refractivity contribution < 1.29 is 14.2 Å². The fourth-order valence-electron chi connectivity index (χ4n) is 0.440. The molecular formula is C7H16O3. The first kappa shape index (κ1) is 9.88. The van der Waals surface area contributed by atoms with Gasteiger partial charge in [0.05, 0.1) is 26.4 Å². The van der Waals surface area contributed by atoms with Gasteiger partial charge in [0, 0.05) is 13.7 Å². The highest BCUT2D eigenvalue weighted by molar-refractivity contribution is 4.37. The van der Waals surface area contributed by atoms with Crippen LogP contribution in [0.5, 0.6) is 0 Å². The van der Waals surface area contributed by atoms with Gasteiger partial charge in [0.2, 0.25) is 0 Å². The summed E-state index contributed by atoms with van der Waals surface area (Å²) in [5.41, 5.74) is 0. The van der Waals surface area contributed by atoms with Crippen LogP contribution in [0.15, 0.2) is 0 Å². The van der Waals surface area contributed by atoms with Crippen LogP contribution in [0, 0.1) is 0 Å². The van der Waals surface area contributed by atoms with Gasteiger partial charge in [0.15, 0.2) is 0 Å². The summed E-state index contributed by atoms with van der Waals surface area (Å²) in [6, 6.07) is 0. The number of hydrogen-bond acceptors (Lipinski definition) is 3. The van der Waals surface area contributed by atoms with Crippen LogP contribution >= 0.6 is 0 Å². The van der Waals surface area contributed by atoms with E-state index in [0.717, 1.165) is 33.0 Å². The molecule has 0 bridgehead atoms. The van der Waals surface area contributed by atoms with E-state index in [1.165, 1.54) is 0 Å². The highest BCUT2D eigenvalue weighted by Crippen LogP contribution is 1.85. The van der Waals surface area contributed by atoms with Crippen molar-refractivity contribution >= 4 is 0 Å². The second kappa shape index (κ2) is 8.88. The Balaban J connectivity index is 0.000000180. The Morgan fingerprint density at radius 1 is 1.10 bits per heavy atom. The third kappa shape index (κ3) is 7.88. The van der Waals surface area contributed by atoms with E-state index in [-0.39, 0.29) is 0 Å². The molecule has 1 rings (SSSR count). The largest absolute Gasteiger partial charge is 0.385 e. The zero-order chi connectivity index (χ0) is 7.66. The van der Waals surface area contributed by atoms with Gasteiger partial charge in [-0.1, -0.05) is 0 Å². The predicted molar refractivity (Wildman–Crippen MR) is 39.2 cm³/mol. The molecule has 3 heteroatoms. The third-order valence-electron chi connectivity index (χ3n) is 1.03. The molecule has 3 nitrogen and oxygen atoms in total. The van der Waals surface area contributed by atoms with E-state index >= 15 is 0 Å². The molecule has 1 aliphatic rings. The highest BCUT2D eigenvalue weighted by atomic mass is 16.6. The second-order valence-corrected chi connectivity index (χ2v) is 1.80. The van der Waals surface area contributed by atoms with E-state index in [0.29, 0.717) is 0 Å².